The van der Waals surface area contributed by atoms with Crippen LogP contribution in [0, 0.1) is 11.3 Å². The van der Waals surface area contributed by atoms with Crippen molar-refractivity contribution in [3.63, 3.8) is 0 Å². The highest BCUT2D eigenvalue weighted by Gasteiger charge is 2.21. The standard InChI is InChI=1S/C18H12Cl2N4O3/c1-27-12-4-2-10(3-5-12)13(8-21)17-14(19)6-11(7-15(17)20)24-18(26)23-16(25)9-22-24/h2-7,9,13H,1H3,(H,23,25,26). The summed E-state index contributed by atoms with van der Waals surface area (Å²) in [7, 11) is 1.55. The fourth-order valence-electron chi connectivity index (χ4n) is 2.61. The van der Waals surface area contributed by atoms with Gasteiger partial charge in [-0.2, -0.15) is 15.0 Å². The van der Waals surface area contributed by atoms with Crippen molar-refractivity contribution < 1.29 is 4.74 Å². The van der Waals surface area contributed by atoms with Crippen LogP contribution < -0.4 is 16.0 Å². The summed E-state index contributed by atoms with van der Waals surface area (Å²) in [6.45, 7) is 0. The number of benzene rings is 2. The largest absolute Gasteiger partial charge is 0.497 e. The lowest BCUT2D eigenvalue weighted by Gasteiger charge is -2.16. The molecule has 9 heteroatoms. The van der Waals surface area contributed by atoms with Crippen LogP contribution in [-0.2, 0) is 0 Å². The van der Waals surface area contributed by atoms with Crippen molar-refractivity contribution >= 4 is 23.2 Å². The normalized spacial score (nSPS) is 11.6. The minimum atomic E-state index is -0.727. The topological polar surface area (TPSA) is 101 Å². The van der Waals surface area contributed by atoms with Gasteiger partial charge in [-0.3, -0.25) is 9.78 Å². The summed E-state index contributed by atoms with van der Waals surface area (Å²) in [5.74, 6) is -0.0586. The molecule has 27 heavy (non-hydrogen) atoms. The number of nitriles is 1. The van der Waals surface area contributed by atoms with E-state index in [2.05, 4.69) is 16.2 Å². The van der Waals surface area contributed by atoms with Crippen LogP contribution in [0.2, 0.25) is 10.0 Å². The Balaban J connectivity index is 2.09. The van der Waals surface area contributed by atoms with Crippen LogP contribution >= 0.6 is 23.2 Å². The number of methoxy groups -OCH3 is 1. The molecule has 136 valence electrons. The third kappa shape index (κ3) is 3.72. The molecule has 1 N–H and O–H groups in total. The fourth-order valence-corrected chi connectivity index (χ4v) is 3.30. The number of hydrogen-bond donors (Lipinski definition) is 1. The van der Waals surface area contributed by atoms with Crippen LogP contribution in [0.1, 0.15) is 17.0 Å². The van der Waals surface area contributed by atoms with Crippen LogP contribution in [0.3, 0.4) is 0 Å². The lowest BCUT2D eigenvalue weighted by atomic mass is 9.92. The first-order valence-corrected chi connectivity index (χ1v) is 8.41. The molecule has 0 amide bonds. The predicted molar refractivity (Wildman–Crippen MR) is 101 cm³/mol. The molecule has 0 bridgehead atoms. The number of halogens is 2. The number of H-pyrrole nitrogens is 1. The van der Waals surface area contributed by atoms with Gasteiger partial charge in [0.15, 0.2) is 0 Å². The summed E-state index contributed by atoms with van der Waals surface area (Å²) in [5.41, 5.74) is 0.0197. The molecule has 0 radical (unpaired) electrons. The lowest BCUT2D eigenvalue weighted by molar-refractivity contribution is 0.414. The van der Waals surface area contributed by atoms with Crippen molar-refractivity contribution in [1.82, 2.24) is 14.8 Å². The highest BCUT2D eigenvalue weighted by Crippen LogP contribution is 2.37. The van der Waals surface area contributed by atoms with Gasteiger partial charge in [0.1, 0.15) is 11.9 Å². The molecule has 2 aromatic carbocycles. The first kappa shape index (κ1) is 18.7. The van der Waals surface area contributed by atoms with Crippen LogP contribution in [0.15, 0.2) is 52.2 Å². The minimum Gasteiger partial charge on any atom is -0.497 e. The summed E-state index contributed by atoms with van der Waals surface area (Å²) in [6, 6.07) is 12.1. The number of hydrogen-bond acceptors (Lipinski definition) is 5. The molecule has 0 saturated heterocycles. The second-order valence-corrected chi connectivity index (χ2v) is 6.32. The number of ether oxygens (including phenoxy) is 1. The van der Waals surface area contributed by atoms with Gasteiger partial charge in [0.25, 0.3) is 5.56 Å². The number of aromatic nitrogens is 3. The molecule has 0 fully saturated rings. The Kier molecular flexibility index (Phi) is 5.31. The molecule has 0 aliphatic carbocycles. The first-order valence-electron chi connectivity index (χ1n) is 7.66. The third-order valence-electron chi connectivity index (χ3n) is 3.89. The maximum absolute atomic E-state index is 11.9. The van der Waals surface area contributed by atoms with Crippen molar-refractivity contribution in [2.45, 2.75) is 5.92 Å². The van der Waals surface area contributed by atoms with E-state index >= 15 is 0 Å². The monoisotopic (exact) mass is 402 g/mol. The fraction of sp³-hybridized carbons (Fsp3) is 0.111. The van der Waals surface area contributed by atoms with E-state index in [1.807, 2.05) is 0 Å². The van der Waals surface area contributed by atoms with Gasteiger partial charge in [-0.1, -0.05) is 35.3 Å². The van der Waals surface area contributed by atoms with Crippen molar-refractivity contribution in [3.05, 3.63) is 84.6 Å². The number of nitrogens with zero attached hydrogens (tertiary/aromatic N) is 3. The average molecular weight is 403 g/mol. The predicted octanol–water partition coefficient (Wildman–Crippen LogP) is 2.89. The molecule has 1 heterocycles. The number of nitrogens with one attached hydrogen (secondary N) is 1. The van der Waals surface area contributed by atoms with Crippen molar-refractivity contribution in [2.24, 2.45) is 0 Å². The first-order chi connectivity index (χ1) is 12.9. The van der Waals surface area contributed by atoms with Gasteiger partial charge in [-0.25, -0.2) is 4.79 Å². The van der Waals surface area contributed by atoms with Crippen LogP contribution in [0.5, 0.6) is 5.75 Å². The Morgan fingerprint density at radius 1 is 1.19 bits per heavy atom. The Labute approximate surface area is 163 Å². The zero-order valence-corrected chi connectivity index (χ0v) is 15.5. The zero-order valence-electron chi connectivity index (χ0n) is 13.9. The second kappa shape index (κ2) is 7.66. The van der Waals surface area contributed by atoms with E-state index in [4.69, 9.17) is 27.9 Å². The third-order valence-corrected chi connectivity index (χ3v) is 4.51. The van der Waals surface area contributed by atoms with Crippen LogP contribution in [0.4, 0.5) is 0 Å². The van der Waals surface area contributed by atoms with Gasteiger partial charge in [0.2, 0.25) is 0 Å². The second-order valence-electron chi connectivity index (χ2n) is 5.51. The molecule has 3 aromatic rings. The minimum absolute atomic E-state index is 0.194. The van der Waals surface area contributed by atoms with Gasteiger partial charge in [0, 0.05) is 15.6 Å². The van der Waals surface area contributed by atoms with Gasteiger partial charge >= 0.3 is 5.69 Å². The molecule has 0 aliphatic rings. The molecule has 3 rings (SSSR count). The molecular weight excluding hydrogens is 391 g/mol. The molecule has 0 aliphatic heterocycles. The van der Waals surface area contributed by atoms with E-state index in [-0.39, 0.29) is 15.7 Å². The molecule has 1 atom stereocenters. The maximum Gasteiger partial charge on any atom is 0.349 e. The van der Waals surface area contributed by atoms with Crippen molar-refractivity contribution in [3.8, 4) is 17.5 Å². The van der Waals surface area contributed by atoms with Gasteiger partial charge in [-0.15, -0.1) is 0 Å². The highest BCUT2D eigenvalue weighted by molar-refractivity contribution is 6.36. The summed E-state index contributed by atoms with van der Waals surface area (Å²) in [6.07, 6.45) is 0.965. The average Bonchev–Trinajstić information content (AvgIpc) is 2.64. The molecule has 0 saturated carbocycles. The smallest absolute Gasteiger partial charge is 0.349 e. The Bertz CT molecular complexity index is 1120. The zero-order chi connectivity index (χ0) is 19.6. The number of aromatic amines is 1. The molecule has 1 aromatic heterocycles. The van der Waals surface area contributed by atoms with Gasteiger partial charge < -0.3 is 4.74 Å². The SMILES string of the molecule is COc1ccc(C(C#N)c2c(Cl)cc(-n3ncc(=O)[nH]c3=O)cc2Cl)cc1. The summed E-state index contributed by atoms with van der Waals surface area (Å²) < 4.78 is 6.08. The Hall–Kier alpha value is -3.08. The quantitative estimate of drug-likeness (QED) is 0.722. The van der Waals surface area contributed by atoms with E-state index in [9.17, 15) is 14.9 Å². The highest BCUT2D eigenvalue weighted by atomic mass is 35.5. The van der Waals surface area contributed by atoms with Crippen molar-refractivity contribution in [2.75, 3.05) is 7.11 Å². The molecule has 7 nitrogen and oxygen atoms in total. The molecular formula is C18H12Cl2N4O3. The van der Waals surface area contributed by atoms with Gasteiger partial charge in [-0.05, 0) is 29.8 Å². The summed E-state index contributed by atoms with van der Waals surface area (Å²) in [4.78, 5) is 25.2. The van der Waals surface area contributed by atoms with E-state index in [0.29, 0.717) is 16.9 Å². The summed E-state index contributed by atoms with van der Waals surface area (Å²) >= 11 is 12.7. The van der Waals surface area contributed by atoms with E-state index < -0.39 is 17.2 Å². The molecule has 0 spiro atoms. The Morgan fingerprint density at radius 2 is 1.81 bits per heavy atom. The van der Waals surface area contributed by atoms with Gasteiger partial charge in [0.05, 0.1) is 24.8 Å². The van der Waals surface area contributed by atoms with E-state index in [1.54, 1.807) is 31.4 Å². The van der Waals surface area contributed by atoms with Crippen LogP contribution in [-0.4, -0.2) is 21.9 Å². The Morgan fingerprint density at radius 3 is 2.33 bits per heavy atom. The maximum atomic E-state index is 11.9. The number of rotatable bonds is 4. The van der Waals surface area contributed by atoms with Crippen LogP contribution in [0.25, 0.3) is 5.69 Å². The van der Waals surface area contributed by atoms with Crippen molar-refractivity contribution in [1.29, 1.82) is 5.26 Å². The lowest BCUT2D eigenvalue weighted by Crippen LogP contribution is -2.30. The van der Waals surface area contributed by atoms with E-state index in [1.165, 1.54) is 12.1 Å². The summed E-state index contributed by atoms with van der Waals surface area (Å²) in [5, 5.41) is 13.8. The van der Waals surface area contributed by atoms with E-state index in [0.717, 1.165) is 10.9 Å². The molecule has 1 unspecified atom stereocenters.